The van der Waals surface area contributed by atoms with E-state index in [1.165, 1.54) is 30.3 Å². The van der Waals surface area contributed by atoms with Gasteiger partial charge >= 0.3 is 26.1 Å². The van der Waals surface area contributed by atoms with Crippen LogP contribution in [0.4, 0.5) is 22.0 Å². The fourth-order valence-corrected chi connectivity index (χ4v) is 3.33. The van der Waals surface area contributed by atoms with Crippen LogP contribution in [0.5, 0.6) is 0 Å². The van der Waals surface area contributed by atoms with Crippen LogP contribution in [0.3, 0.4) is 0 Å². The maximum atomic E-state index is 13.9. The van der Waals surface area contributed by atoms with Crippen LogP contribution in [-0.4, -0.2) is 46.5 Å². The lowest BCUT2D eigenvalue weighted by Crippen LogP contribution is -2.46. The van der Waals surface area contributed by atoms with Crippen LogP contribution < -0.4 is 0 Å². The number of hydrogen-bond acceptors (Lipinski definition) is 4. The van der Waals surface area contributed by atoms with Crippen LogP contribution in [0.15, 0.2) is 30.3 Å². The summed E-state index contributed by atoms with van der Waals surface area (Å²) in [7, 11) is -3.56. The molecule has 0 aliphatic rings. The summed E-state index contributed by atoms with van der Waals surface area (Å²) in [5, 5.41) is 17.4. The van der Waals surface area contributed by atoms with Crippen LogP contribution in [-0.2, 0) is 25.1 Å². The quantitative estimate of drug-likeness (QED) is 0.382. The molecule has 2 N–H and O–H groups in total. The highest BCUT2D eigenvalue weighted by Crippen LogP contribution is 2.43. The molecule has 0 saturated heterocycles. The van der Waals surface area contributed by atoms with Gasteiger partial charge in [0.1, 0.15) is 5.92 Å². The van der Waals surface area contributed by atoms with Crippen LogP contribution in [0, 0.1) is 5.92 Å². The lowest BCUT2D eigenvalue weighted by atomic mass is 10.0. The summed E-state index contributed by atoms with van der Waals surface area (Å²) in [6.45, 7) is 0. The molecule has 3 unspecified atom stereocenters. The number of carbonyl (C=O) groups is 2. The zero-order valence-corrected chi connectivity index (χ0v) is 15.1. The van der Waals surface area contributed by atoms with Gasteiger partial charge in [0.15, 0.2) is 6.16 Å². The average molecular weight is 431 g/mol. The molecule has 0 fully saturated rings. The molecule has 6 nitrogen and oxygen atoms in total. The van der Waals surface area contributed by atoms with Gasteiger partial charge in [-0.15, -0.1) is 0 Å². The fourth-order valence-electron chi connectivity index (χ4n) is 2.19. The van der Waals surface area contributed by atoms with Crippen molar-refractivity contribution in [2.24, 2.45) is 5.92 Å². The van der Waals surface area contributed by atoms with Gasteiger partial charge in [-0.05, 0) is 16.5 Å². The van der Waals surface area contributed by atoms with E-state index in [-0.39, 0.29) is 5.56 Å². The lowest BCUT2D eigenvalue weighted by molar-refractivity contribution is -0.268. The number of benzene rings is 1. The van der Waals surface area contributed by atoms with Gasteiger partial charge in [0.05, 0.1) is 0 Å². The monoisotopic (exact) mass is 431 g/mol. The van der Waals surface area contributed by atoms with E-state index < -0.39 is 69.5 Å². The Bertz CT molecular complexity index is 700. The molecular weight excluding hydrogens is 414 g/mol. The topological polar surface area (TPSA) is 101 Å². The van der Waals surface area contributed by atoms with Crippen LogP contribution >= 0.6 is 8.03 Å². The molecule has 0 spiro atoms. The molecule has 3 atom stereocenters. The highest BCUT2D eigenvalue weighted by Gasteiger charge is 2.61. The Morgan fingerprint density at radius 1 is 1.11 bits per heavy atom. The van der Waals surface area contributed by atoms with Gasteiger partial charge in [0, 0.05) is 12.8 Å². The minimum absolute atomic E-state index is 0.116. The summed E-state index contributed by atoms with van der Waals surface area (Å²) < 4.78 is 84.2. The van der Waals surface area contributed by atoms with Gasteiger partial charge in [-0.1, -0.05) is 34.9 Å². The second-order valence-electron chi connectivity index (χ2n) is 5.92. The zero-order chi connectivity index (χ0) is 21.5. The van der Waals surface area contributed by atoms with E-state index in [9.17, 15) is 36.1 Å². The second-order valence-corrected chi connectivity index (χ2v) is 7.14. The standard InChI is InChI=1S/C16H16F5O6P/c17-14(15(18,19)8-10-4-2-1-3-5-10)16(20,21)27-28(26)9-11(13(24)25)6-7-12(22)23/h1-5,11,14H,6-9H2,(H-,22,23,24,25)/p+1. The molecule has 0 aromatic heterocycles. The molecule has 0 radical (unpaired) electrons. The number of aliphatic carboxylic acids is 2. The summed E-state index contributed by atoms with van der Waals surface area (Å²) in [5.41, 5.74) is -0.116. The first-order valence-electron chi connectivity index (χ1n) is 7.87. The number of carboxylic acid groups (broad SMARTS) is 2. The zero-order valence-electron chi connectivity index (χ0n) is 14.2. The van der Waals surface area contributed by atoms with Crippen LogP contribution in [0.2, 0.25) is 0 Å². The normalized spacial score (nSPS) is 15.0. The lowest BCUT2D eigenvalue weighted by Gasteiger charge is -2.24. The molecule has 1 aromatic rings. The molecule has 0 aliphatic carbocycles. The van der Waals surface area contributed by atoms with Crippen molar-refractivity contribution >= 4 is 20.0 Å². The Morgan fingerprint density at radius 3 is 2.18 bits per heavy atom. The first-order valence-corrected chi connectivity index (χ1v) is 9.23. The fraction of sp³-hybridized carbons (Fsp3) is 0.500. The third-order valence-electron chi connectivity index (χ3n) is 3.60. The summed E-state index contributed by atoms with van der Waals surface area (Å²) >= 11 is 0. The average Bonchev–Trinajstić information content (AvgIpc) is 2.57. The highest BCUT2D eigenvalue weighted by molar-refractivity contribution is 7.39. The van der Waals surface area contributed by atoms with Crippen molar-refractivity contribution in [1.29, 1.82) is 0 Å². The molecule has 156 valence electrons. The minimum atomic E-state index is -5.15. The molecule has 12 heteroatoms. The van der Waals surface area contributed by atoms with Crippen molar-refractivity contribution in [3.05, 3.63) is 35.9 Å². The van der Waals surface area contributed by atoms with E-state index in [2.05, 4.69) is 4.52 Å². The Hall–Kier alpha value is -2.13. The maximum absolute atomic E-state index is 13.9. The van der Waals surface area contributed by atoms with E-state index in [4.69, 9.17) is 10.2 Å². The van der Waals surface area contributed by atoms with Gasteiger partial charge in [0.2, 0.25) is 0 Å². The summed E-state index contributed by atoms with van der Waals surface area (Å²) in [5.74, 6) is -9.21. The van der Waals surface area contributed by atoms with Crippen LogP contribution in [0.1, 0.15) is 18.4 Å². The molecule has 1 rings (SSSR count). The van der Waals surface area contributed by atoms with Crippen molar-refractivity contribution in [2.45, 2.75) is 37.5 Å². The van der Waals surface area contributed by atoms with E-state index in [1.807, 2.05) is 0 Å². The third-order valence-corrected chi connectivity index (χ3v) is 4.78. The first kappa shape index (κ1) is 23.9. The third kappa shape index (κ3) is 7.47. The van der Waals surface area contributed by atoms with E-state index >= 15 is 0 Å². The van der Waals surface area contributed by atoms with E-state index in [1.54, 1.807) is 0 Å². The molecule has 1 aromatic carbocycles. The largest absolute Gasteiger partial charge is 0.515 e. The minimum Gasteiger partial charge on any atom is -0.481 e. The van der Waals surface area contributed by atoms with Crippen molar-refractivity contribution in [3.63, 3.8) is 0 Å². The number of alkyl halides is 5. The van der Waals surface area contributed by atoms with E-state index in [0.717, 1.165) is 0 Å². The molecule has 0 heterocycles. The van der Waals surface area contributed by atoms with Gasteiger partial charge in [-0.2, -0.15) is 8.78 Å². The predicted octanol–water partition coefficient (Wildman–Crippen LogP) is 4.12. The van der Waals surface area contributed by atoms with E-state index in [0.29, 0.717) is 0 Å². The molecule has 0 aliphatic heterocycles. The second kappa shape index (κ2) is 9.88. The smallest absolute Gasteiger partial charge is 0.481 e. The van der Waals surface area contributed by atoms with Crippen LogP contribution in [0.25, 0.3) is 0 Å². The van der Waals surface area contributed by atoms with Crippen molar-refractivity contribution in [1.82, 2.24) is 0 Å². The Labute approximate surface area is 157 Å². The maximum Gasteiger partial charge on any atom is 0.515 e. The Balaban J connectivity index is 2.77. The van der Waals surface area contributed by atoms with Gasteiger partial charge in [0.25, 0.3) is 12.1 Å². The first-order chi connectivity index (χ1) is 12.8. The number of carboxylic acids is 2. The predicted molar refractivity (Wildman–Crippen MR) is 86.5 cm³/mol. The summed E-state index contributed by atoms with van der Waals surface area (Å²) in [6.07, 6.45) is -12.9. The molecule has 28 heavy (non-hydrogen) atoms. The summed E-state index contributed by atoms with van der Waals surface area (Å²) in [6, 6.07) is 6.56. The number of rotatable bonds is 12. The molecule has 0 amide bonds. The van der Waals surface area contributed by atoms with Gasteiger partial charge < -0.3 is 10.2 Å². The highest BCUT2D eigenvalue weighted by atomic mass is 31.1. The molecular formula is C16H17F5O6P+. The summed E-state index contributed by atoms with van der Waals surface area (Å²) in [4.78, 5) is 21.4. The molecule has 0 bridgehead atoms. The van der Waals surface area contributed by atoms with Crippen molar-refractivity contribution < 1.29 is 50.8 Å². The Kier molecular flexibility index (Phi) is 8.44. The number of hydrogen-bond donors (Lipinski definition) is 2. The van der Waals surface area contributed by atoms with Gasteiger partial charge in [-0.3, -0.25) is 9.59 Å². The number of halogens is 5. The van der Waals surface area contributed by atoms with Crippen molar-refractivity contribution in [2.75, 3.05) is 6.16 Å². The Morgan fingerprint density at radius 2 is 1.68 bits per heavy atom. The van der Waals surface area contributed by atoms with Crippen molar-refractivity contribution in [3.8, 4) is 0 Å². The van der Waals surface area contributed by atoms with Gasteiger partial charge in [-0.25, -0.2) is 13.2 Å². The molecule has 0 saturated carbocycles. The SMILES string of the molecule is O=C(O)CCC(C[P+](=O)OC(F)(F)C(F)C(F)(F)Cc1ccccc1)C(=O)O.